The Morgan fingerprint density at radius 1 is 1.56 bits per heavy atom. The Balaban J connectivity index is 2.43. The summed E-state index contributed by atoms with van der Waals surface area (Å²) < 4.78 is 0. The number of thioether (sulfide) groups is 1. The Morgan fingerprint density at radius 3 is 3.06 bits per heavy atom. The maximum atomic E-state index is 10.6. The van der Waals surface area contributed by atoms with E-state index < -0.39 is 0 Å². The molecule has 0 aliphatic carbocycles. The number of hydrogen-bond acceptors (Lipinski definition) is 4. The highest BCUT2D eigenvalue weighted by Crippen LogP contribution is 2.06. The summed E-state index contributed by atoms with van der Waals surface area (Å²) in [5.74, 6) is 0.777. The average Bonchev–Trinajstić information content (AvgIpc) is 2.28. The zero-order valence-corrected chi connectivity index (χ0v) is 9.87. The first-order valence-corrected chi connectivity index (χ1v) is 5.92. The van der Waals surface area contributed by atoms with Crippen LogP contribution in [0.1, 0.15) is 29.4 Å². The van der Waals surface area contributed by atoms with Crippen LogP contribution in [0.5, 0.6) is 0 Å². The van der Waals surface area contributed by atoms with Crippen molar-refractivity contribution in [3.05, 3.63) is 35.7 Å². The Morgan fingerprint density at radius 2 is 2.38 bits per heavy atom. The van der Waals surface area contributed by atoms with Crippen LogP contribution in [0.3, 0.4) is 0 Å². The van der Waals surface area contributed by atoms with Gasteiger partial charge in [-0.25, -0.2) is 0 Å². The van der Waals surface area contributed by atoms with Crippen molar-refractivity contribution in [2.24, 2.45) is 0 Å². The van der Waals surface area contributed by atoms with Crippen LogP contribution in [0.2, 0.25) is 0 Å². The van der Waals surface area contributed by atoms with Gasteiger partial charge in [-0.3, -0.25) is 14.6 Å². The van der Waals surface area contributed by atoms with Crippen molar-refractivity contribution in [1.82, 2.24) is 4.98 Å². The minimum Gasteiger partial charge on any atom is -0.298 e. The van der Waals surface area contributed by atoms with Crippen LogP contribution in [-0.2, 0) is 4.79 Å². The monoisotopic (exact) mass is 235 g/mol. The molecular formula is C12H13NO2S. The molecule has 3 nitrogen and oxygen atoms in total. The smallest absolute Gasteiger partial charge is 0.185 e. The molecule has 0 amide bonds. The Bertz CT molecular complexity index is 402. The molecule has 1 rings (SSSR count). The topological polar surface area (TPSA) is 47.0 Å². The molecule has 0 atom stereocenters. The molecule has 0 aromatic carbocycles. The number of nitrogens with zero attached hydrogens (tertiary/aromatic N) is 1. The number of allylic oxidation sites excluding steroid dienone is 1. The average molecular weight is 235 g/mol. The van der Waals surface area contributed by atoms with Crippen molar-refractivity contribution < 1.29 is 9.59 Å². The van der Waals surface area contributed by atoms with E-state index in [0.29, 0.717) is 5.56 Å². The standard InChI is InChI=1S/C12H13NO2S/c1-10(15)16-7-3-2-4-12-8-11(9-14)5-6-13-12/h2,4-6,8-9H,3,7H2,1H3. The molecule has 0 N–H and O–H groups in total. The number of aromatic nitrogens is 1. The lowest BCUT2D eigenvalue weighted by Gasteiger charge is -1.94. The lowest BCUT2D eigenvalue weighted by Crippen LogP contribution is -1.86. The molecule has 1 aromatic heterocycles. The van der Waals surface area contributed by atoms with Crippen molar-refractivity contribution in [3.8, 4) is 0 Å². The highest BCUT2D eigenvalue weighted by Gasteiger charge is 1.93. The second-order valence-electron chi connectivity index (χ2n) is 3.16. The first-order valence-electron chi connectivity index (χ1n) is 4.93. The first-order chi connectivity index (χ1) is 7.72. The molecule has 16 heavy (non-hydrogen) atoms. The molecule has 0 aliphatic heterocycles. The number of aldehydes is 1. The third-order valence-corrected chi connectivity index (χ3v) is 2.67. The Hall–Kier alpha value is -1.42. The summed E-state index contributed by atoms with van der Waals surface area (Å²) in [6, 6.07) is 3.39. The zero-order chi connectivity index (χ0) is 11.8. The van der Waals surface area contributed by atoms with E-state index in [1.165, 1.54) is 11.8 Å². The molecule has 0 saturated carbocycles. The number of carbonyl (C=O) groups is 2. The van der Waals surface area contributed by atoms with Gasteiger partial charge in [0.15, 0.2) is 5.12 Å². The number of pyridine rings is 1. The minimum absolute atomic E-state index is 0.134. The molecule has 1 heterocycles. The summed E-state index contributed by atoms with van der Waals surface area (Å²) in [6.07, 6.45) is 7.02. The molecule has 0 unspecified atom stereocenters. The predicted octanol–water partition coefficient (Wildman–Crippen LogP) is 2.58. The molecule has 0 bridgehead atoms. The van der Waals surface area contributed by atoms with Crippen molar-refractivity contribution in [3.63, 3.8) is 0 Å². The maximum Gasteiger partial charge on any atom is 0.185 e. The van der Waals surface area contributed by atoms with Crippen molar-refractivity contribution in [2.75, 3.05) is 5.75 Å². The zero-order valence-electron chi connectivity index (χ0n) is 9.05. The van der Waals surface area contributed by atoms with E-state index in [9.17, 15) is 9.59 Å². The molecule has 84 valence electrons. The molecular weight excluding hydrogens is 222 g/mol. The van der Waals surface area contributed by atoms with Gasteiger partial charge in [-0.05, 0) is 24.6 Å². The number of rotatable bonds is 5. The molecule has 1 aromatic rings. The SMILES string of the molecule is CC(=O)SCCC=Cc1cc(C=O)ccn1. The minimum atomic E-state index is 0.134. The Kier molecular flexibility index (Phi) is 5.50. The number of carbonyl (C=O) groups excluding carboxylic acids is 2. The molecule has 0 aliphatic rings. The van der Waals surface area contributed by atoms with E-state index in [1.807, 2.05) is 12.2 Å². The first kappa shape index (κ1) is 12.6. The molecule has 0 spiro atoms. The van der Waals surface area contributed by atoms with Crippen LogP contribution in [0.15, 0.2) is 24.4 Å². The van der Waals surface area contributed by atoms with Gasteiger partial charge in [-0.2, -0.15) is 0 Å². The fourth-order valence-corrected chi connectivity index (χ4v) is 1.65. The highest BCUT2D eigenvalue weighted by molar-refractivity contribution is 8.13. The highest BCUT2D eigenvalue weighted by atomic mass is 32.2. The van der Waals surface area contributed by atoms with E-state index >= 15 is 0 Å². The fraction of sp³-hybridized carbons (Fsp3) is 0.250. The van der Waals surface area contributed by atoms with Crippen LogP contribution in [0, 0.1) is 0 Å². The van der Waals surface area contributed by atoms with Crippen LogP contribution in [0.25, 0.3) is 6.08 Å². The van der Waals surface area contributed by atoms with Crippen LogP contribution in [-0.4, -0.2) is 22.1 Å². The summed E-state index contributed by atoms with van der Waals surface area (Å²) in [5.41, 5.74) is 1.38. The normalized spacial score (nSPS) is 10.6. The third kappa shape index (κ3) is 4.89. The van der Waals surface area contributed by atoms with Gasteiger partial charge in [0.25, 0.3) is 0 Å². The van der Waals surface area contributed by atoms with Crippen molar-refractivity contribution >= 4 is 29.2 Å². The van der Waals surface area contributed by atoms with E-state index in [-0.39, 0.29) is 5.12 Å². The van der Waals surface area contributed by atoms with Crippen LogP contribution >= 0.6 is 11.8 Å². The second-order valence-corrected chi connectivity index (χ2v) is 4.43. The predicted molar refractivity (Wildman–Crippen MR) is 66.4 cm³/mol. The largest absolute Gasteiger partial charge is 0.298 e. The van der Waals surface area contributed by atoms with Crippen LogP contribution in [0.4, 0.5) is 0 Å². The summed E-state index contributed by atoms with van der Waals surface area (Å²) >= 11 is 1.31. The van der Waals surface area contributed by atoms with Gasteiger partial charge in [0.05, 0.1) is 5.69 Å². The van der Waals surface area contributed by atoms with Crippen molar-refractivity contribution in [1.29, 1.82) is 0 Å². The summed E-state index contributed by atoms with van der Waals surface area (Å²) in [4.78, 5) is 25.3. The molecule has 0 fully saturated rings. The van der Waals surface area contributed by atoms with E-state index in [2.05, 4.69) is 4.98 Å². The molecule has 4 heteroatoms. The molecule has 0 saturated heterocycles. The van der Waals surface area contributed by atoms with Gasteiger partial charge in [-0.1, -0.05) is 17.8 Å². The summed E-state index contributed by atoms with van der Waals surface area (Å²) in [5, 5.41) is 0.134. The van der Waals surface area contributed by atoms with Gasteiger partial charge in [0.2, 0.25) is 0 Å². The van der Waals surface area contributed by atoms with E-state index in [1.54, 1.807) is 25.3 Å². The lowest BCUT2D eigenvalue weighted by molar-refractivity contribution is -0.109. The fourth-order valence-electron chi connectivity index (χ4n) is 1.10. The lowest BCUT2D eigenvalue weighted by atomic mass is 10.2. The van der Waals surface area contributed by atoms with Gasteiger partial charge in [-0.15, -0.1) is 0 Å². The molecule has 0 radical (unpaired) electrons. The van der Waals surface area contributed by atoms with Gasteiger partial charge in [0, 0.05) is 24.4 Å². The van der Waals surface area contributed by atoms with Gasteiger partial charge >= 0.3 is 0 Å². The quantitative estimate of drug-likeness (QED) is 0.581. The third-order valence-electron chi connectivity index (χ3n) is 1.82. The van der Waals surface area contributed by atoms with Gasteiger partial charge in [0.1, 0.15) is 6.29 Å². The number of hydrogen-bond donors (Lipinski definition) is 0. The Labute approximate surface area is 99.0 Å². The van der Waals surface area contributed by atoms with Gasteiger partial charge < -0.3 is 0 Å². The van der Waals surface area contributed by atoms with E-state index in [4.69, 9.17) is 0 Å². The van der Waals surface area contributed by atoms with E-state index in [0.717, 1.165) is 24.2 Å². The second kappa shape index (κ2) is 6.95. The maximum absolute atomic E-state index is 10.6. The van der Waals surface area contributed by atoms with Crippen LogP contribution < -0.4 is 0 Å². The summed E-state index contributed by atoms with van der Waals surface area (Å²) in [6.45, 7) is 1.56. The van der Waals surface area contributed by atoms with Crippen molar-refractivity contribution in [2.45, 2.75) is 13.3 Å². The summed E-state index contributed by atoms with van der Waals surface area (Å²) in [7, 11) is 0.